The fourth-order valence-corrected chi connectivity index (χ4v) is 11.1. The van der Waals surface area contributed by atoms with Crippen LogP contribution in [-0.2, 0) is 32.7 Å². The van der Waals surface area contributed by atoms with Crippen molar-refractivity contribution in [3.05, 3.63) is 85.1 Å². The van der Waals surface area contributed by atoms with Gasteiger partial charge in [0.15, 0.2) is 6.10 Å². The molecule has 2 unspecified atom stereocenters. The summed E-state index contributed by atoms with van der Waals surface area (Å²) >= 11 is 0. The summed E-state index contributed by atoms with van der Waals surface area (Å²) in [6, 6.07) is 0. The number of carbonyl (C=O) groups is 2. The Balaban J connectivity index is 4.01. The Hall–Kier alpha value is -2.81. The van der Waals surface area contributed by atoms with E-state index in [2.05, 4.69) is 98.9 Å². The summed E-state index contributed by atoms with van der Waals surface area (Å²) in [4.78, 5) is 38.1. The lowest BCUT2D eigenvalue weighted by atomic mass is 10.0. The van der Waals surface area contributed by atoms with Crippen LogP contribution >= 0.6 is 7.82 Å². The first-order chi connectivity index (χ1) is 42.0. The van der Waals surface area contributed by atoms with Crippen LogP contribution < -0.4 is 4.89 Å². The molecule has 0 fully saturated rings. The maximum absolute atomic E-state index is 12.9. The Morgan fingerprint density at radius 1 is 0.372 bits per heavy atom. The lowest BCUT2D eigenvalue weighted by molar-refractivity contribution is -0.870. The topological polar surface area (TPSA) is 111 Å². The van der Waals surface area contributed by atoms with Gasteiger partial charge in [0.2, 0.25) is 0 Å². The van der Waals surface area contributed by atoms with Crippen LogP contribution in [0, 0.1) is 0 Å². The van der Waals surface area contributed by atoms with Crippen LogP contribution in [-0.4, -0.2) is 70.0 Å². The number of likely N-dealkylation sites (N-methyl/N-ethyl adjacent to an activating group) is 1. The number of rotatable bonds is 67. The van der Waals surface area contributed by atoms with Crippen LogP contribution in [0.4, 0.5) is 0 Å². The second kappa shape index (κ2) is 66.6. The van der Waals surface area contributed by atoms with Crippen LogP contribution in [0.1, 0.15) is 335 Å². The number of nitrogens with zero attached hydrogens (tertiary/aromatic N) is 1. The number of phosphoric acid groups is 1. The summed E-state index contributed by atoms with van der Waals surface area (Å²) in [6.07, 6.45) is 91.0. The third-order valence-corrected chi connectivity index (χ3v) is 16.9. The van der Waals surface area contributed by atoms with Gasteiger partial charge in [-0.3, -0.25) is 14.2 Å². The van der Waals surface area contributed by atoms with Gasteiger partial charge in [-0.05, 0) is 89.9 Å². The van der Waals surface area contributed by atoms with E-state index in [0.717, 1.165) is 77.0 Å². The van der Waals surface area contributed by atoms with Crippen LogP contribution in [0.3, 0.4) is 0 Å². The number of quaternary nitrogens is 1. The van der Waals surface area contributed by atoms with Crippen molar-refractivity contribution < 1.29 is 42.1 Å². The Morgan fingerprint density at radius 2 is 0.663 bits per heavy atom. The van der Waals surface area contributed by atoms with Crippen LogP contribution in [0.2, 0.25) is 0 Å². The molecule has 9 nitrogen and oxygen atoms in total. The van der Waals surface area contributed by atoms with Gasteiger partial charge in [-0.2, -0.15) is 0 Å². The van der Waals surface area contributed by atoms with E-state index < -0.39 is 26.5 Å². The van der Waals surface area contributed by atoms with E-state index >= 15 is 0 Å². The lowest BCUT2D eigenvalue weighted by Gasteiger charge is -2.28. The van der Waals surface area contributed by atoms with Gasteiger partial charge in [0.25, 0.3) is 7.82 Å². The number of esters is 2. The molecule has 10 heteroatoms. The first-order valence-corrected chi connectivity index (χ1v) is 37.8. The lowest BCUT2D eigenvalue weighted by Crippen LogP contribution is -2.37. The number of phosphoric ester groups is 1. The molecule has 500 valence electrons. The van der Waals surface area contributed by atoms with Gasteiger partial charge in [-0.1, -0.05) is 317 Å². The number of hydrogen-bond donors (Lipinski definition) is 0. The number of allylic oxidation sites excluding steroid dienone is 14. The van der Waals surface area contributed by atoms with Gasteiger partial charge in [-0.15, -0.1) is 0 Å². The SMILES string of the molecule is CC/C=C\C/C=C\C/C=C\C/C=C\C/C=C\CCCCCCCCCCCCCCCCCC(=O)OC(COC(=O)CCCCCCCCCCCCCCCCCCCCC/C=C\C/C=C\CCCCCCC)COP(=O)([O-])OCC[N+](C)(C)C. The minimum absolute atomic E-state index is 0.0315. The first kappa shape index (κ1) is 83.2. The third-order valence-electron chi connectivity index (χ3n) is 15.9. The molecule has 0 aliphatic carbocycles. The van der Waals surface area contributed by atoms with Gasteiger partial charge < -0.3 is 27.9 Å². The maximum atomic E-state index is 12.9. The quantitative estimate of drug-likeness (QED) is 0.0195. The molecule has 0 radical (unpaired) electrons. The van der Waals surface area contributed by atoms with E-state index in [1.165, 1.54) is 225 Å². The zero-order valence-corrected chi connectivity index (χ0v) is 57.9. The Kier molecular flexibility index (Phi) is 64.4. The molecular weight excluding hydrogens is 1090 g/mol. The second-order valence-corrected chi connectivity index (χ2v) is 27.0. The summed E-state index contributed by atoms with van der Waals surface area (Å²) in [6.45, 7) is 4.16. The molecule has 0 amide bonds. The van der Waals surface area contributed by atoms with Gasteiger partial charge in [0.05, 0.1) is 27.7 Å². The van der Waals surface area contributed by atoms with Crippen molar-refractivity contribution >= 4 is 19.8 Å². The maximum Gasteiger partial charge on any atom is 0.306 e. The Bertz CT molecular complexity index is 1730. The van der Waals surface area contributed by atoms with E-state index in [4.69, 9.17) is 18.5 Å². The molecule has 86 heavy (non-hydrogen) atoms. The van der Waals surface area contributed by atoms with Gasteiger partial charge in [0, 0.05) is 12.8 Å². The molecule has 0 aliphatic heterocycles. The van der Waals surface area contributed by atoms with Gasteiger partial charge in [0.1, 0.15) is 19.8 Å². The highest BCUT2D eigenvalue weighted by molar-refractivity contribution is 7.45. The highest BCUT2D eigenvalue weighted by Gasteiger charge is 2.22. The Labute approximate surface area is 532 Å². The molecule has 0 rings (SSSR count). The molecule has 0 N–H and O–H groups in total. The largest absolute Gasteiger partial charge is 0.756 e. The van der Waals surface area contributed by atoms with Crippen LogP contribution in [0.25, 0.3) is 0 Å². The Morgan fingerprint density at radius 3 is 0.988 bits per heavy atom. The van der Waals surface area contributed by atoms with Gasteiger partial charge >= 0.3 is 11.9 Å². The van der Waals surface area contributed by atoms with Crippen molar-refractivity contribution in [2.24, 2.45) is 0 Å². The highest BCUT2D eigenvalue weighted by Crippen LogP contribution is 2.38. The van der Waals surface area contributed by atoms with Crippen LogP contribution in [0.15, 0.2) is 85.1 Å². The average Bonchev–Trinajstić information content (AvgIpc) is 3.56. The van der Waals surface area contributed by atoms with Gasteiger partial charge in [-0.25, -0.2) is 0 Å². The van der Waals surface area contributed by atoms with E-state index in [1.54, 1.807) is 0 Å². The minimum atomic E-state index is -4.64. The molecule has 0 spiro atoms. The molecule has 0 bridgehead atoms. The van der Waals surface area contributed by atoms with Crippen molar-refractivity contribution in [2.75, 3.05) is 47.5 Å². The van der Waals surface area contributed by atoms with E-state index in [0.29, 0.717) is 17.4 Å². The smallest absolute Gasteiger partial charge is 0.306 e. The van der Waals surface area contributed by atoms with Crippen molar-refractivity contribution in [1.82, 2.24) is 0 Å². The van der Waals surface area contributed by atoms with Crippen LogP contribution in [0.5, 0.6) is 0 Å². The zero-order valence-electron chi connectivity index (χ0n) is 57.0. The summed E-state index contributed by atoms with van der Waals surface area (Å²) in [7, 11) is 1.17. The fourth-order valence-electron chi connectivity index (χ4n) is 10.4. The molecule has 0 saturated heterocycles. The fraction of sp³-hybridized carbons (Fsp3) is 0.789. The van der Waals surface area contributed by atoms with Crippen molar-refractivity contribution in [3.63, 3.8) is 0 Å². The number of carbonyl (C=O) groups excluding carboxylic acids is 2. The second-order valence-electron chi connectivity index (χ2n) is 25.6. The van der Waals surface area contributed by atoms with E-state index in [9.17, 15) is 19.0 Å². The highest BCUT2D eigenvalue weighted by atomic mass is 31.2. The zero-order chi connectivity index (χ0) is 62.6. The molecule has 0 saturated carbocycles. The molecule has 0 heterocycles. The predicted octanol–water partition coefficient (Wildman–Crippen LogP) is 23.1. The van der Waals surface area contributed by atoms with Crippen molar-refractivity contribution in [2.45, 2.75) is 341 Å². The number of ether oxygens (including phenoxy) is 2. The standard InChI is InChI=1S/C76H138NO8P/c1-6-8-10-12-14-16-18-20-22-24-26-28-30-32-34-36-38-40-42-44-46-48-50-52-54-56-58-60-62-64-66-68-75(78)82-72-74(73-84-86(80,81)83-71-70-77(3,4)5)85-76(79)69-67-65-63-61-59-57-55-53-51-49-47-45-43-41-39-37-35-33-31-29-27-25-23-21-19-17-15-13-11-9-7-2/h9,11,15,17-18,20-21,23-24,26-27,29,33,35,74H,6-8,10,12-14,16,19,22,25,28,30-32,34,36-73H2,1-5H3/b11-9-,17-15-,20-18-,23-21-,26-24-,29-27-,35-33-. The van der Waals surface area contributed by atoms with E-state index in [-0.39, 0.29) is 32.0 Å². The molecule has 0 aromatic carbocycles. The minimum Gasteiger partial charge on any atom is -0.756 e. The predicted molar refractivity (Wildman–Crippen MR) is 369 cm³/mol. The summed E-state index contributed by atoms with van der Waals surface area (Å²) in [5.74, 6) is -0.820. The van der Waals surface area contributed by atoms with E-state index in [1.807, 2.05) is 21.1 Å². The molecule has 0 aromatic heterocycles. The normalized spacial score (nSPS) is 13.6. The number of hydrogen-bond acceptors (Lipinski definition) is 8. The monoisotopic (exact) mass is 1220 g/mol. The molecule has 0 aliphatic rings. The van der Waals surface area contributed by atoms with Crippen molar-refractivity contribution in [1.29, 1.82) is 0 Å². The first-order valence-electron chi connectivity index (χ1n) is 36.3. The molecule has 0 aromatic rings. The number of unbranched alkanes of at least 4 members (excludes halogenated alkanes) is 39. The summed E-state index contributed by atoms with van der Waals surface area (Å²) in [5.41, 5.74) is 0. The summed E-state index contributed by atoms with van der Waals surface area (Å²) < 4.78 is 34.4. The third kappa shape index (κ3) is 70.3. The summed E-state index contributed by atoms with van der Waals surface area (Å²) in [5, 5.41) is 0. The molecule has 2 atom stereocenters. The molecular formula is C76H138NO8P. The average molecular weight is 1220 g/mol. The van der Waals surface area contributed by atoms with Crippen molar-refractivity contribution in [3.8, 4) is 0 Å².